The van der Waals surface area contributed by atoms with Gasteiger partial charge in [-0.3, -0.25) is 9.59 Å². The van der Waals surface area contributed by atoms with Crippen molar-refractivity contribution in [3.63, 3.8) is 0 Å². The van der Waals surface area contributed by atoms with Gasteiger partial charge in [0, 0.05) is 18.0 Å². The molecular formula is C19H19N3O3S2. The average Bonchev–Trinajstić information content (AvgIpc) is 3.14. The average molecular weight is 402 g/mol. The quantitative estimate of drug-likeness (QED) is 0.712. The number of morpholine rings is 1. The van der Waals surface area contributed by atoms with E-state index in [0.29, 0.717) is 49.0 Å². The van der Waals surface area contributed by atoms with Crippen molar-refractivity contribution >= 4 is 39.2 Å². The number of carbonyl (C=O) groups excluding carboxylic acids is 1. The summed E-state index contributed by atoms with van der Waals surface area (Å²) in [6.07, 6.45) is 0. The molecule has 0 aliphatic carbocycles. The van der Waals surface area contributed by atoms with E-state index in [4.69, 9.17) is 4.74 Å². The molecule has 4 rings (SSSR count). The van der Waals surface area contributed by atoms with Crippen molar-refractivity contribution in [2.75, 3.05) is 32.1 Å². The lowest BCUT2D eigenvalue weighted by Crippen LogP contribution is -2.41. The Bertz CT molecular complexity index is 994. The van der Waals surface area contributed by atoms with Gasteiger partial charge in [0.1, 0.15) is 10.7 Å². The molecule has 0 spiro atoms. The van der Waals surface area contributed by atoms with Crippen LogP contribution in [0, 0.1) is 0 Å². The van der Waals surface area contributed by atoms with Gasteiger partial charge in [0.2, 0.25) is 5.91 Å². The number of hydrogen-bond acceptors (Lipinski definition) is 6. The fourth-order valence-electron chi connectivity index (χ4n) is 2.93. The topological polar surface area (TPSA) is 75.3 Å². The lowest BCUT2D eigenvalue weighted by atomic mass is 10.2. The maximum absolute atomic E-state index is 12.4. The van der Waals surface area contributed by atoms with E-state index in [1.807, 2.05) is 41.3 Å². The van der Waals surface area contributed by atoms with Crippen LogP contribution in [0.25, 0.3) is 20.7 Å². The predicted molar refractivity (Wildman–Crippen MR) is 109 cm³/mol. The van der Waals surface area contributed by atoms with Gasteiger partial charge in [-0.25, -0.2) is 4.98 Å². The molecular weight excluding hydrogens is 382 g/mol. The molecule has 1 fully saturated rings. The van der Waals surface area contributed by atoms with Crippen LogP contribution in [-0.4, -0.2) is 52.8 Å². The number of thioether (sulfide) groups is 1. The fourth-order valence-corrected chi connectivity index (χ4v) is 4.77. The van der Waals surface area contributed by atoms with Crippen LogP contribution in [0.1, 0.15) is 5.82 Å². The normalized spacial score (nSPS) is 14.6. The highest BCUT2D eigenvalue weighted by Crippen LogP contribution is 2.30. The highest BCUT2D eigenvalue weighted by atomic mass is 32.2. The maximum Gasteiger partial charge on any atom is 0.259 e. The van der Waals surface area contributed by atoms with E-state index in [9.17, 15) is 9.59 Å². The summed E-state index contributed by atoms with van der Waals surface area (Å²) in [4.78, 5) is 35.6. The third-order valence-electron chi connectivity index (χ3n) is 4.34. The van der Waals surface area contributed by atoms with Crippen LogP contribution in [0.2, 0.25) is 0 Å². The number of carbonyl (C=O) groups is 1. The van der Waals surface area contributed by atoms with Crippen LogP contribution in [0.15, 0.2) is 41.2 Å². The summed E-state index contributed by atoms with van der Waals surface area (Å²) in [6, 6.07) is 11.9. The van der Waals surface area contributed by atoms with E-state index >= 15 is 0 Å². The zero-order valence-electron chi connectivity index (χ0n) is 14.6. The van der Waals surface area contributed by atoms with Gasteiger partial charge in [0.15, 0.2) is 0 Å². The fraction of sp³-hybridized carbons (Fsp3) is 0.316. The Labute approximate surface area is 164 Å². The van der Waals surface area contributed by atoms with Crippen molar-refractivity contribution < 1.29 is 9.53 Å². The molecule has 0 bridgehead atoms. The lowest BCUT2D eigenvalue weighted by Gasteiger charge is -2.26. The van der Waals surface area contributed by atoms with Gasteiger partial charge in [-0.2, -0.15) is 0 Å². The van der Waals surface area contributed by atoms with E-state index < -0.39 is 0 Å². The molecule has 0 radical (unpaired) electrons. The molecule has 0 saturated carbocycles. The van der Waals surface area contributed by atoms with Crippen LogP contribution in [0.5, 0.6) is 0 Å². The Morgan fingerprint density at radius 2 is 2.04 bits per heavy atom. The molecule has 8 heteroatoms. The highest BCUT2D eigenvalue weighted by molar-refractivity contribution is 7.99. The smallest absolute Gasteiger partial charge is 0.259 e. The van der Waals surface area contributed by atoms with Crippen molar-refractivity contribution in [3.05, 3.63) is 52.6 Å². The summed E-state index contributed by atoms with van der Waals surface area (Å²) in [5, 5.41) is 0.608. The number of aromatic nitrogens is 2. The van der Waals surface area contributed by atoms with Gasteiger partial charge in [0.05, 0.1) is 30.1 Å². The van der Waals surface area contributed by atoms with Gasteiger partial charge < -0.3 is 14.6 Å². The minimum atomic E-state index is -0.131. The molecule has 1 saturated heterocycles. The number of aromatic amines is 1. The second-order valence-electron chi connectivity index (χ2n) is 6.19. The third kappa shape index (κ3) is 4.23. The summed E-state index contributed by atoms with van der Waals surface area (Å²) >= 11 is 2.98. The predicted octanol–water partition coefficient (Wildman–Crippen LogP) is 2.74. The molecule has 0 atom stereocenters. The van der Waals surface area contributed by atoms with Crippen LogP contribution in [0.4, 0.5) is 0 Å². The second kappa shape index (κ2) is 8.24. The van der Waals surface area contributed by atoms with E-state index in [1.165, 1.54) is 23.1 Å². The summed E-state index contributed by atoms with van der Waals surface area (Å²) in [5.41, 5.74) is 0.945. The minimum Gasteiger partial charge on any atom is -0.378 e. The molecule has 1 N–H and O–H groups in total. The Kier molecular flexibility index (Phi) is 5.56. The van der Waals surface area contributed by atoms with Crippen molar-refractivity contribution in [1.82, 2.24) is 14.9 Å². The number of nitrogens with one attached hydrogen (secondary N) is 1. The molecule has 1 aliphatic heterocycles. The molecule has 6 nitrogen and oxygen atoms in total. The first-order valence-corrected chi connectivity index (χ1v) is 10.7. The van der Waals surface area contributed by atoms with Crippen molar-refractivity contribution in [2.45, 2.75) is 5.75 Å². The Hall–Kier alpha value is -2.16. The van der Waals surface area contributed by atoms with Crippen molar-refractivity contribution in [1.29, 1.82) is 0 Å². The van der Waals surface area contributed by atoms with Crippen LogP contribution in [-0.2, 0) is 15.3 Å². The highest BCUT2D eigenvalue weighted by Gasteiger charge is 2.17. The summed E-state index contributed by atoms with van der Waals surface area (Å²) in [5.74, 6) is 1.59. The molecule has 27 heavy (non-hydrogen) atoms. The van der Waals surface area contributed by atoms with E-state index in [0.717, 1.165) is 15.3 Å². The molecule has 2 aromatic heterocycles. The van der Waals surface area contributed by atoms with Crippen molar-refractivity contribution in [3.8, 4) is 10.4 Å². The summed E-state index contributed by atoms with van der Waals surface area (Å²) in [7, 11) is 0. The van der Waals surface area contributed by atoms with Gasteiger partial charge >= 0.3 is 0 Å². The van der Waals surface area contributed by atoms with Gasteiger partial charge in [-0.15, -0.1) is 23.1 Å². The number of thiophene rings is 1. The van der Waals surface area contributed by atoms with Crippen LogP contribution in [0.3, 0.4) is 0 Å². The van der Waals surface area contributed by atoms with Gasteiger partial charge in [-0.05, 0) is 11.6 Å². The number of amides is 1. The molecule has 1 aromatic carbocycles. The summed E-state index contributed by atoms with van der Waals surface area (Å²) < 4.78 is 5.26. The first-order valence-electron chi connectivity index (χ1n) is 8.72. The van der Waals surface area contributed by atoms with Crippen LogP contribution < -0.4 is 5.56 Å². The number of hydrogen-bond donors (Lipinski definition) is 1. The maximum atomic E-state index is 12.4. The zero-order valence-corrected chi connectivity index (χ0v) is 16.3. The SMILES string of the molecule is O=C(CSCc1nc2sc(-c3ccccc3)cc2c(=O)[nH]1)N1CCOCC1. The summed E-state index contributed by atoms with van der Waals surface area (Å²) in [6.45, 7) is 2.50. The molecule has 140 valence electrons. The van der Waals surface area contributed by atoms with Crippen molar-refractivity contribution in [2.24, 2.45) is 0 Å². The Balaban J connectivity index is 1.45. The molecule has 1 amide bonds. The third-order valence-corrected chi connectivity index (χ3v) is 6.34. The molecule has 3 aromatic rings. The standard InChI is InChI=1S/C19H19N3O3S2/c23-17(22-6-8-25-9-7-22)12-26-11-16-20-18(24)14-10-15(27-19(14)21-16)13-4-2-1-3-5-13/h1-5,10H,6-9,11-12H2,(H,20,21,24). The number of benzene rings is 1. The van der Waals surface area contributed by atoms with Crippen LogP contribution >= 0.6 is 23.1 Å². The number of H-pyrrole nitrogens is 1. The minimum absolute atomic E-state index is 0.106. The van der Waals surface area contributed by atoms with E-state index in [1.54, 1.807) is 0 Å². The monoisotopic (exact) mass is 401 g/mol. The first kappa shape index (κ1) is 18.2. The number of ether oxygens (including phenoxy) is 1. The van der Waals surface area contributed by atoms with E-state index in [2.05, 4.69) is 9.97 Å². The van der Waals surface area contributed by atoms with Gasteiger partial charge in [0.25, 0.3) is 5.56 Å². The first-order chi connectivity index (χ1) is 13.2. The van der Waals surface area contributed by atoms with Gasteiger partial charge in [-0.1, -0.05) is 30.3 Å². The Morgan fingerprint density at radius 3 is 2.81 bits per heavy atom. The molecule has 3 heterocycles. The van der Waals surface area contributed by atoms with E-state index in [-0.39, 0.29) is 11.5 Å². The number of rotatable bonds is 5. The zero-order chi connectivity index (χ0) is 18.6. The second-order valence-corrected chi connectivity index (χ2v) is 8.21. The largest absolute Gasteiger partial charge is 0.378 e. The molecule has 0 unspecified atom stereocenters. The lowest BCUT2D eigenvalue weighted by molar-refractivity contribution is -0.132. The molecule has 1 aliphatic rings. The number of nitrogens with zero attached hydrogens (tertiary/aromatic N) is 2. The Morgan fingerprint density at radius 1 is 1.26 bits per heavy atom. The number of fused-ring (bicyclic) bond motifs is 1.